The molecule has 1 aromatic carbocycles. The van der Waals surface area contributed by atoms with Crippen LogP contribution in [0.2, 0.25) is 0 Å². The molecule has 0 fully saturated rings. The topological polar surface area (TPSA) is 98.7 Å². The van der Waals surface area contributed by atoms with Crippen LogP contribution in [0.15, 0.2) is 18.2 Å². The molecule has 0 heterocycles. The van der Waals surface area contributed by atoms with E-state index in [9.17, 15) is 35.9 Å². The number of benzene rings is 1. The number of hydrogen-bond donors (Lipinski definition) is 4. The highest BCUT2D eigenvalue weighted by Gasteiger charge is 2.40. The number of rotatable bonds is 11. The van der Waals surface area contributed by atoms with Gasteiger partial charge in [0.25, 0.3) is 0 Å². The third-order valence-corrected chi connectivity index (χ3v) is 4.20. The summed E-state index contributed by atoms with van der Waals surface area (Å²) in [7, 11) is 0. The van der Waals surface area contributed by atoms with Crippen molar-refractivity contribution in [3.8, 4) is 0 Å². The highest BCUT2D eigenvalue weighted by Crippen LogP contribution is 2.25. The molecule has 0 bridgehead atoms. The Morgan fingerprint density at radius 3 is 1.58 bits per heavy atom. The average molecular weight is 458 g/mol. The van der Waals surface area contributed by atoms with Crippen molar-refractivity contribution >= 4 is 23.2 Å². The molecule has 2 amide bonds. The zero-order valence-electron chi connectivity index (χ0n) is 16.4. The number of nitrogens with one attached hydrogen (secondary N) is 2. The van der Waals surface area contributed by atoms with Crippen molar-refractivity contribution in [2.75, 3.05) is 10.6 Å². The van der Waals surface area contributed by atoms with E-state index in [1.165, 1.54) is 12.1 Å². The number of amides is 2. The molecule has 0 aromatic heterocycles. The van der Waals surface area contributed by atoms with Crippen molar-refractivity contribution < 1.29 is 46.1 Å². The first-order valence-electron chi connectivity index (χ1n) is 9.55. The van der Waals surface area contributed by atoms with Gasteiger partial charge in [0.15, 0.2) is 6.29 Å². The second kappa shape index (κ2) is 11.9. The van der Waals surface area contributed by atoms with Crippen LogP contribution < -0.4 is 10.6 Å². The molecule has 1 aromatic rings. The highest BCUT2D eigenvalue weighted by atomic mass is 19.4. The molecule has 0 spiro atoms. The van der Waals surface area contributed by atoms with Crippen LogP contribution in [0.3, 0.4) is 0 Å². The molecular weight excluding hydrogens is 434 g/mol. The minimum atomic E-state index is -5.18. The van der Waals surface area contributed by atoms with Crippen molar-refractivity contribution in [1.82, 2.24) is 0 Å². The van der Waals surface area contributed by atoms with E-state index in [1.807, 2.05) is 0 Å². The summed E-state index contributed by atoms with van der Waals surface area (Å²) in [6, 6.07) is 3.22. The predicted octanol–water partition coefficient (Wildman–Crippen LogP) is 4.27. The fraction of sp³-hybridized carbons (Fsp3) is 0.579. The standard InChI is InChI=1S/C19H24F6N2O4/c20-18(21,22)16(30)26-13-9-12(7-5-3-1-2-4-6-8-15(28)29)10-14(11-13)27-17(31)19(23,24)25/h9-11,15,28-29H,1-8H2,(H,26,30)(H,27,31). The van der Waals surface area contributed by atoms with E-state index >= 15 is 0 Å². The molecule has 31 heavy (non-hydrogen) atoms. The lowest BCUT2D eigenvalue weighted by molar-refractivity contribution is -0.167. The zero-order chi connectivity index (χ0) is 23.7. The Balaban J connectivity index is 2.73. The lowest BCUT2D eigenvalue weighted by Gasteiger charge is -2.14. The second-order valence-electron chi connectivity index (χ2n) is 6.96. The Bertz CT molecular complexity index is 689. The molecule has 0 saturated carbocycles. The molecule has 0 saturated heterocycles. The van der Waals surface area contributed by atoms with Crippen LogP contribution >= 0.6 is 0 Å². The molecule has 6 nitrogen and oxygen atoms in total. The van der Waals surface area contributed by atoms with Crippen LogP contribution in [0, 0.1) is 0 Å². The zero-order valence-corrected chi connectivity index (χ0v) is 16.4. The summed E-state index contributed by atoms with van der Waals surface area (Å²) in [6.07, 6.45) is -6.72. The van der Waals surface area contributed by atoms with Gasteiger partial charge in [0.05, 0.1) is 0 Å². The summed E-state index contributed by atoms with van der Waals surface area (Å²) < 4.78 is 74.8. The highest BCUT2D eigenvalue weighted by molar-refractivity contribution is 5.98. The van der Waals surface area contributed by atoms with Gasteiger partial charge in [-0.05, 0) is 49.4 Å². The maximum Gasteiger partial charge on any atom is 0.471 e. The third kappa shape index (κ3) is 11.0. The van der Waals surface area contributed by atoms with Crippen molar-refractivity contribution in [2.24, 2.45) is 0 Å². The Kier molecular flexibility index (Phi) is 10.2. The summed E-state index contributed by atoms with van der Waals surface area (Å²) in [4.78, 5) is 22.3. The summed E-state index contributed by atoms with van der Waals surface area (Å²) in [5, 5.41) is 20.6. The minimum absolute atomic E-state index is 0.281. The van der Waals surface area contributed by atoms with E-state index in [0.717, 1.165) is 31.7 Å². The minimum Gasteiger partial charge on any atom is -0.368 e. The number of aryl methyl sites for hydroxylation is 1. The molecular formula is C19H24F6N2O4. The Labute approximate surface area is 174 Å². The monoisotopic (exact) mass is 458 g/mol. The molecule has 4 N–H and O–H groups in total. The summed E-state index contributed by atoms with van der Waals surface area (Å²) >= 11 is 0. The first-order valence-corrected chi connectivity index (χ1v) is 9.55. The molecule has 0 aliphatic heterocycles. The van der Waals surface area contributed by atoms with Crippen molar-refractivity contribution in [1.29, 1.82) is 0 Å². The summed E-state index contributed by atoms with van der Waals surface area (Å²) in [5.41, 5.74) is -0.430. The predicted molar refractivity (Wildman–Crippen MR) is 100 cm³/mol. The average Bonchev–Trinajstić information content (AvgIpc) is 2.62. The number of carbonyl (C=O) groups excluding carboxylic acids is 2. The van der Waals surface area contributed by atoms with Gasteiger partial charge in [-0.25, -0.2) is 0 Å². The van der Waals surface area contributed by atoms with Crippen LogP contribution in [0.1, 0.15) is 50.5 Å². The number of alkyl halides is 6. The SMILES string of the molecule is O=C(Nc1cc(CCCCCCCCC(O)O)cc(NC(=O)C(F)(F)F)c1)C(F)(F)F. The van der Waals surface area contributed by atoms with E-state index in [-0.39, 0.29) is 17.8 Å². The fourth-order valence-corrected chi connectivity index (χ4v) is 2.75. The number of carbonyl (C=O) groups is 2. The molecule has 0 atom stereocenters. The number of unbranched alkanes of at least 4 members (excludes halogenated alkanes) is 5. The van der Waals surface area contributed by atoms with Gasteiger partial charge in [-0.15, -0.1) is 0 Å². The molecule has 0 radical (unpaired) electrons. The van der Waals surface area contributed by atoms with E-state index in [2.05, 4.69) is 0 Å². The second-order valence-corrected chi connectivity index (χ2v) is 6.96. The number of anilines is 2. The van der Waals surface area contributed by atoms with Gasteiger partial charge in [0.1, 0.15) is 0 Å². The van der Waals surface area contributed by atoms with Crippen LogP contribution in [-0.4, -0.2) is 40.7 Å². The number of aliphatic hydroxyl groups is 2. The molecule has 0 aliphatic carbocycles. The third-order valence-electron chi connectivity index (χ3n) is 4.20. The Morgan fingerprint density at radius 1 is 0.742 bits per heavy atom. The lowest BCUT2D eigenvalue weighted by Crippen LogP contribution is -2.31. The van der Waals surface area contributed by atoms with Gasteiger partial charge in [0.2, 0.25) is 0 Å². The van der Waals surface area contributed by atoms with E-state index in [1.54, 1.807) is 10.6 Å². The summed E-state index contributed by atoms with van der Waals surface area (Å²) in [6.45, 7) is 0. The van der Waals surface area contributed by atoms with Crippen LogP contribution in [-0.2, 0) is 16.0 Å². The number of halogens is 6. The number of aliphatic hydroxyl groups excluding tert-OH is 1. The fourth-order valence-electron chi connectivity index (χ4n) is 2.75. The van der Waals surface area contributed by atoms with Crippen molar-refractivity contribution in [3.63, 3.8) is 0 Å². The van der Waals surface area contributed by atoms with Crippen LogP contribution in [0.25, 0.3) is 0 Å². The smallest absolute Gasteiger partial charge is 0.368 e. The van der Waals surface area contributed by atoms with Gasteiger partial charge >= 0.3 is 24.2 Å². The normalized spacial score (nSPS) is 12.2. The van der Waals surface area contributed by atoms with Gasteiger partial charge in [-0.2, -0.15) is 26.3 Å². The van der Waals surface area contributed by atoms with E-state index in [4.69, 9.17) is 10.2 Å². The van der Waals surface area contributed by atoms with Gasteiger partial charge in [-0.1, -0.05) is 25.7 Å². The van der Waals surface area contributed by atoms with Gasteiger partial charge in [0, 0.05) is 11.4 Å². The molecule has 12 heteroatoms. The van der Waals surface area contributed by atoms with Crippen molar-refractivity contribution in [2.45, 2.75) is 70.0 Å². The number of hydrogen-bond acceptors (Lipinski definition) is 4. The Morgan fingerprint density at radius 2 is 1.16 bits per heavy atom. The first kappa shape index (κ1) is 26.7. The van der Waals surface area contributed by atoms with Crippen molar-refractivity contribution in [3.05, 3.63) is 23.8 Å². The van der Waals surface area contributed by atoms with Gasteiger partial charge in [-0.3, -0.25) is 9.59 Å². The van der Waals surface area contributed by atoms with Crippen LogP contribution in [0.4, 0.5) is 37.7 Å². The molecule has 1 rings (SSSR count). The molecule has 0 aliphatic rings. The van der Waals surface area contributed by atoms with Gasteiger partial charge < -0.3 is 20.8 Å². The molecule has 0 unspecified atom stereocenters. The van der Waals surface area contributed by atoms with E-state index in [0.29, 0.717) is 24.8 Å². The maximum absolute atomic E-state index is 12.5. The Hall–Kier alpha value is -2.34. The maximum atomic E-state index is 12.5. The first-order chi connectivity index (χ1) is 14.3. The lowest BCUT2D eigenvalue weighted by atomic mass is 10.0. The van der Waals surface area contributed by atoms with Crippen LogP contribution in [0.5, 0.6) is 0 Å². The quantitative estimate of drug-likeness (QED) is 0.226. The van der Waals surface area contributed by atoms with E-state index < -0.39 is 30.5 Å². The summed E-state index contributed by atoms with van der Waals surface area (Å²) in [5.74, 6) is -4.57. The molecule has 176 valence electrons. The largest absolute Gasteiger partial charge is 0.471 e.